The lowest BCUT2D eigenvalue weighted by Crippen LogP contribution is -1.87. The fourth-order valence-electron chi connectivity index (χ4n) is 1.05. The minimum atomic E-state index is 0.620. The zero-order chi connectivity index (χ0) is 10.7. The monoisotopic (exact) mass is 234 g/mol. The summed E-state index contributed by atoms with van der Waals surface area (Å²) < 4.78 is 4.73. The van der Waals surface area contributed by atoms with Crippen LogP contribution in [0, 0.1) is 18.3 Å². The molecule has 0 bridgehead atoms. The van der Waals surface area contributed by atoms with E-state index < -0.39 is 0 Å². The molecule has 15 heavy (non-hydrogen) atoms. The van der Waals surface area contributed by atoms with Gasteiger partial charge in [-0.05, 0) is 42.4 Å². The summed E-state index contributed by atoms with van der Waals surface area (Å²) in [5.74, 6) is 0. The molecule has 4 nitrogen and oxygen atoms in total. The first kappa shape index (κ1) is 10.1. The van der Waals surface area contributed by atoms with Gasteiger partial charge in [0.25, 0.3) is 0 Å². The van der Waals surface area contributed by atoms with Crippen molar-refractivity contribution >= 4 is 23.3 Å². The van der Waals surface area contributed by atoms with Gasteiger partial charge in [0.15, 0.2) is 4.34 Å². The molecule has 0 aliphatic carbocycles. The highest BCUT2D eigenvalue weighted by Crippen LogP contribution is 2.27. The Morgan fingerprint density at radius 3 is 3.00 bits per heavy atom. The van der Waals surface area contributed by atoms with Crippen LogP contribution in [0.3, 0.4) is 0 Å². The van der Waals surface area contributed by atoms with Gasteiger partial charge in [-0.2, -0.15) is 9.64 Å². The van der Waals surface area contributed by atoms with Crippen LogP contribution in [0.4, 0.5) is 0 Å². The Morgan fingerprint density at radius 1 is 1.47 bits per heavy atom. The van der Waals surface area contributed by atoms with Crippen molar-refractivity contribution in [2.45, 2.75) is 16.3 Å². The van der Waals surface area contributed by atoms with Crippen LogP contribution >= 0.6 is 23.3 Å². The summed E-state index contributed by atoms with van der Waals surface area (Å²) >= 11 is 2.74. The summed E-state index contributed by atoms with van der Waals surface area (Å²) in [6, 6.07) is 5.61. The largest absolute Gasteiger partial charge is 0.246 e. The van der Waals surface area contributed by atoms with Crippen molar-refractivity contribution in [3.05, 3.63) is 29.7 Å². The van der Waals surface area contributed by atoms with Crippen molar-refractivity contribution in [3.8, 4) is 6.07 Å². The van der Waals surface area contributed by atoms with Crippen LogP contribution in [0.1, 0.15) is 11.3 Å². The zero-order valence-corrected chi connectivity index (χ0v) is 9.47. The first-order valence-corrected chi connectivity index (χ1v) is 5.70. The average Bonchev–Trinajstić information content (AvgIpc) is 2.69. The molecule has 74 valence electrons. The lowest BCUT2D eigenvalue weighted by Gasteiger charge is -1.99. The Hall–Kier alpha value is -1.45. The second-order valence-corrected chi connectivity index (χ2v) is 4.80. The third kappa shape index (κ3) is 2.52. The van der Waals surface area contributed by atoms with Crippen molar-refractivity contribution in [1.29, 1.82) is 5.26 Å². The Labute approximate surface area is 95.2 Å². The number of nitrogens with zero attached hydrogens (tertiary/aromatic N) is 4. The van der Waals surface area contributed by atoms with E-state index in [1.165, 1.54) is 29.6 Å². The number of pyridine rings is 1. The number of aryl methyl sites for hydroxylation is 1. The molecule has 0 spiro atoms. The molecule has 0 aliphatic heterocycles. The van der Waals surface area contributed by atoms with Crippen LogP contribution in [0.5, 0.6) is 0 Å². The highest BCUT2D eigenvalue weighted by Gasteiger charge is 2.04. The minimum Gasteiger partial charge on any atom is -0.246 e. The van der Waals surface area contributed by atoms with E-state index in [1.54, 1.807) is 12.1 Å². The van der Waals surface area contributed by atoms with Gasteiger partial charge in [-0.15, -0.1) is 0 Å². The third-order valence-electron chi connectivity index (χ3n) is 1.59. The quantitative estimate of drug-likeness (QED) is 0.797. The van der Waals surface area contributed by atoms with Gasteiger partial charge in [0, 0.05) is 5.69 Å². The van der Waals surface area contributed by atoms with Gasteiger partial charge in [-0.3, -0.25) is 0 Å². The van der Waals surface area contributed by atoms with Gasteiger partial charge in [-0.1, -0.05) is 0 Å². The molecule has 2 aromatic heterocycles. The van der Waals surface area contributed by atoms with Gasteiger partial charge in [0.05, 0.1) is 11.6 Å². The minimum absolute atomic E-state index is 0.620. The van der Waals surface area contributed by atoms with Crippen molar-refractivity contribution in [1.82, 2.24) is 14.3 Å². The van der Waals surface area contributed by atoms with Gasteiger partial charge >= 0.3 is 0 Å². The molecule has 2 rings (SSSR count). The van der Waals surface area contributed by atoms with Crippen LogP contribution in [0.15, 0.2) is 27.8 Å². The number of nitriles is 1. The van der Waals surface area contributed by atoms with Gasteiger partial charge < -0.3 is 0 Å². The molecular formula is C9H6N4S2. The van der Waals surface area contributed by atoms with E-state index in [4.69, 9.17) is 5.26 Å². The summed E-state index contributed by atoms with van der Waals surface area (Å²) in [6.45, 7) is 1.87. The SMILES string of the molecule is Cc1cc(C#N)cc(Sc2ncns2)n1. The molecule has 6 heteroatoms. The molecule has 0 aliphatic rings. The first-order valence-electron chi connectivity index (χ1n) is 4.11. The van der Waals surface area contributed by atoms with E-state index in [2.05, 4.69) is 20.4 Å². The van der Waals surface area contributed by atoms with Crippen molar-refractivity contribution < 1.29 is 0 Å². The number of rotatable bonds is 2. The van der Waals surface area contributed by atoms with Crippen LogP contribution in [-0.4, -0.2) is 14.3 Å². The molecule has 2 heterocycles. The summed E-state index contributed by atoms with van der Waals surface area (Å²) in [4.78, 5) is 8.35. The third-order valence-corrected chi connectivity index (χ3v) is 3.23. The molecule has 0 atom stereocenters. The fraction of sp³-hybridized carbons (Fsp3) is 0.111. The Balaban J connectivity index is 2.29. The Bertz CT molecular complexity index is 501. The van der Waals surface area contributed by atoms with Gasteiger partial charge in [0.1, 0.15) is 11.4 Å². The van der Waals surface area contributed by atoms with Crippen LogP contribution in [0.2, 0.25) is 0 Å². The molecular weight excluding hydrogens is 228 g/mol. The summed E-state index contributed by atoms with van der Waals surface area (Å²) in [5.41, 5.74) is 1.45. The highest BCUT2D eigenvalue weighted by atomic mass is 32.2. The molecule has 0 aromatic carbocycles. The number of hydrogen-bond acceptors (Lipinski definition) is 6. The Morgan fingerprint density at radius 2 is 2.33 bits per heavy atom. The highest BCUT2D eigenvalue weighted by molar-refractivity contribution is 8.00. The standard InChI is InChI=1S/C9H6N4S2/c1-6-2-7(4-10)3-8(13-6)14-9-11-5-12-15-9/h2-3,5H,1H3. The lowest BCUT2D eigenvalue weighted by molar-refractivity contribution is 1.05. The van der Waals surface area contributed by atoms with Crippen molar-refractivity contribution in [2.75, 3.05) is 0 Å². The van der Waals surface area contributed by atoms with E-state index in [0.29, 0.717) is 5.56 Å². The van der Waals surface area contributed by atoms with Gasteiger partial charge in [0.2, 0.25) is 0 Å². The van der Waals surface area contributed by atoms with E-state index in [-0.39, 0.29) is 0 Å². The van der Waals surface area contributed by atoms with Gasteiger partial charge in [-0.25, -0.2) is 9.97 Å². The molecule has 0 saturated carbocycles. The fourth-order valence-corrected chi connectivity index (χ4v) is 2.52. The van der Waals surface area contributed by atoms with E-state index in [9.17, 15) is 0 Å². The molecule has 2 aromatic rings. The number of aromatic nitrogens is 3. The Kier molecular flexibility index (Phi) is 2.94. The second-order valence-electron chi connectivity index (χ2n) is 2.76. The molecule has 0 fully saturated rings. The maximum absolute atomic E-state index is 8.80. The van der Waals surface area contributed by atoms with Crippen molar-refractivity contribution in [3.63, 3.8) is 0 Å². The van der Waals surface area contributed by atoms with Crippen LogP contribution < -0.4 is 0 Å². The topological polar surface area (TPSA) is 62.5 Å². The second kappa shape index (κ2) is 4.38. The maximum atomic E-state index is 8.80. The van der Waals surface area contributed by atoms with E-state index in [0.717, 1.165) is 15.1 Å². The van der Waals surface area contributed by atoms with Crippen LogP contribution in [0.25, 0.3) is 0 Å². The summed E-state index contributed by atoms with van der Waals surface area (Å²) in [6.07, 6.45) is 1.51. The van der Waals surface area contributed by atoms with Crippen molar-refractivity contribution in [2.24, 2.45) is 0 Å². The maximum Gasteiger partial charge on any atom is 0.175 e. The lowest BCUT2D eigenvalue weighted by atomic mass is 10.2. The molecule has 0 saturated heterocycles. The molecule has 0 N–H and O–H groups in total. The van der Waals surface area contributed by atoms with E-state index >= 15 is 0 Å². The van der Waals surface area contributed by atoms with Crippen LogP contribution in [-0.2, 0) is 0 Å². The normalized spacial score (nSPS) is 9.87. The summed E-state index contributed by atoms with van der Waals surface area (Å²) in [5, 5.41) is 9.58. The van der Waals surface area contributed by atoms with E-state index in [1.807, 2.05) is 6.92 Å². The smallest absolute Gasteiger partial charge is 0.175 e. The zero-order valence-electron chi connectivity index (χ0n) is 7.84. The molecule has 0 unspecified atom stereocenters. The first-order chi connectivity index (χ1) is 7.28. The summed E-state index contributed by atoms with van der Waals surface area (Å²) in [7, 11) is 0. The predicted octanol–water partition coefficient (Wildman–Crippen LogP) is 2.26. The average molecular weight is 234 g/mol. The predicted molar refractivity (Wildman–Crippen MR) is 57.7 cm³/mol. The number of hydrogen-bond donors (Lipinski definition) is 0. The molecule has 0 radical (unpaired) electrons. The molecule has 0 amide bonds.